The van der Waals surface area contributed by atoms with Crippen molar-refractivity contribution in [3.05, 3.63) is 28.2 Å². The molecule has 1 amide bonds. The highest BCUT2D eigenvalue weighted by atomic mass is 79.9. The predicted molar refractivity (Wildman–Crippen MR) is 121 cm³/mol. The molecule has 2 fully saturated rings. The molecular weight excluding hydrogens is 436 g/mol. The van der Waals surface area contributed by atoms with Crippen LogP contribution < -0.4 is 4.74 Å². The van der Waals surface area contributed by atoms with Crippen molar-refractivity contribution < 1.29 is 9.53 Å². The van der Waals surface area contributed by atoms with E-state index in [4.69, 9.17) is 4.74 Å². The third kappa shape index (κ3) is 6.14. The van der Waals surface area contributed by atoms with Gasteiger partial charge in [-0.05, 0) is 82.3 Å². The smallest absolute Gasteiger partial charge is 0.282 e. The third-order valence-corrected chi connectivity index (χ3v) is 7.37. The largest absolute Gasteiger partial charge is 0.491 e. The molecular formula is C22H33BrN2O2S. The highest BCUT2D eigenvalue weighted by molar-refractivity contribution is 9.10. The van der Waals surface area contributed by atoms with Gasteiger partial charge >= 0.3 is 0 Å². The van der Waals surface area contributed by atoms with Gasteiger partial charge in [0, 0.05) is 29.4 Å². The highest BCUT2D eigenvalue weighted by Gasteiger charge is 2.32. The Kier molecular flexibility index (Phi) is 8.12. The van der Waals surface area contributed by atoms with E-state index in [1.54, 1.807) is 11.8 Å². The first kappa shape index (κ1) is 22.0. The lowest BCUT2D eigenvalue weighted by molar-refractivity contribution is 0.179. The summed E-state index contributed by atoms with van der Waals surface area (Å²) in [6, 6.07) is 6.34. The van der Waals surface area contributed by atoms with Crippen LogP contribution in [0.4, 0.5) is 4.79 Å². The Morgan fingerprint density at radius 1 is 1.29 bits per heavy atom. The molecule has 1 atom stereocenters. The van der Waals surface area contributed by atoms with Gasteiger partial charge in [-0.1, -0.05) is 34.6 Å². The number of rotatable bonds is 8. The molecule has 0 spiro atoms. The number of hydrogen-bond donors (Lipinski definition) is 0. The van der Waals surface area contributed by atoms with Crippen molar-refractivity contribution in [2.24, 2.45) is 5.92 Å². The molecule has 2 heterocycles. The van der Waals surface area contributed by atoms with Crippen molar-refractivity contribution in [3.63, 3.8) is 0 Å². The van der Waals surface area contributed by atoms with Crippen LogP contribution >= 0.6 is 27.7 Å². The van der Waals surface area contributed by atoms with Crippen molar-refractivity contribution in [3.8, 4) is 5.75 Å². The lowest BCUT2D eigenvalue weighted by Gasteiger charge is -2.33. The Hall–Kier alpha value is -0.720. The molecule has 0 aliphatic carbocycles. The fourth-order valence-corrected chi connectivity index (χ4v) is 5.70. The van der Waals surface area contributed by atoms with E-state index in [1.807, 2.05) is 11.0 Å². The summed E-state index contributed by atoms with van der Waals surface area (Å²) in [6.07, 6.45) is 4.80. The molecule has 4 nitrogen and oxygen atoms in total. The summed E-state index contributed by atoms with van der Waals surface area (Å²) in [5, 5.41) is 0.713. The first-order valence-corrected chi connectivity index (χ1v) is 12.2. The van der Waals surface area contributed by atoms with Crippen molar-refractivity contribution in [1.82, 2.24) is 9.80 Å². The van der Waals surface area contributed by atoms with Gasteiger partial charge in [0.25, 0.3) is 5.24 Å². The number of carbonyl (C=O) groups is 1. The molecule has 0 bridgehead atoms. The zero-order valence-corrected chi connectivity index (χ0v) is 19.7. The van der Waals surface area contributed by atoms with Gasteiger partial charge in [-0.3, -0.25) is 4.79 Å². The lowest BCUT2D eigenvalue weighted by atomic mass is 9.90. The van der Waals surface area contributed by atoms with Gasteiger partial charge in [0.1, 0.15) is 5.75 Å². The number of nitrogens with zero attached hydrogens (tertiary/aromatic N) is 2. The van der Waals surface area contributed by atoms with E-state index >= 15 is 0 Å². The van der Waals surface area contributed by atoms with Crippen LogP contribution in [0.15, 0.2) is 22.7 Å². The van der Waals surface area contributed by atoms with Gasteiger partial charge in [0.2, 0.25) is 0 Å². The Morgan fingerprint density at radius 2 is 2.04 bits per heavy atom. The van der Waals surface area contributed by atoms with Gasteiger partial charge in [-0.15, -0.1) is 0 Å². The zero-order chi connectivity index (χ0) is 20.1. The summed E-state index contributed by atoms with van der Waals surface area (Å²) in [5.74, 6) is 1.68. The fourth-order valence-electron chi connectivity index (χ4n) is 4.15. The Bertz CT molecular complexity index is 662. The molecule has 1 aromatic carbocycles. The second-order valence-electron chi connectivity index (χ2n) is 8.32. The molecule has 0 N–H and O–H groups in total. The summed E-state index contributed by atoms with van der Waals surface area (Å²) in [5.41, 5.74) is 1.35. The van der Waals surface area contributed by atoms with E-state index in [2.05, 4.69) is 53.7 Å². The SMILES string of the molecule is CCCN1CC(CN2CCC(Cc3cc(OC(C)C)ccc3Br)CC2)SC1=O. The van der Waals surface area contributed by atoms with Crippen LogP contribution in [0.2, 0.25) is 0 Å². The van der Waals surface area contributed by atoms with Gasteiger partial charge in [0.05, 0.1) is 6.10 Å². The number of ether oxygens (including phenoxy) is 1. The highest BCUT2D eigenvalue weighted by Crippen LogP contribution is 2.31. The maximum atomic E-state index is 12.1. The van der Waals surface area contributed by atoms with Crippen LogP contribution in [0.3, 0.4) is 0 Å². The molecule has 2 aliphatic heterocycles. The van der Waals surface area contributed by atoms with Crippen molar-refractivity contribution in [2.45, 2.75) is 57.8 Å². The molecule has 28 heavy (non-hydrogen) atoms. The number of amides is 1. The van der Waals surface area contributed by atoms with Crippen LogP contribution in [-0.2, 0) is 6.42 Å². The van der Waals surface area contributed by atoms with Gasteiger partial charge in [-0.2, -0.15) is 0 Å². The molecule has 2 saturated heterocycles. The summed E-state index contributed by atoms with van der Waals surface area (Å²) >= 11 is 5.26. The average Bonchev–Trinajstić information content (AvgIpc) is 2.98. The number of piperidine rings is 1. The summed E-state index contributed by atoms with van der Waals surface area (Å²) < 4.78 is 7.05. The van der Waals surface area contributed by atoms with E-state index < -0.39 is 0 Å². The van der Waals surface area contributed by atoms with Crippen molar-refractivity contribution >= 4 is 32.9 Å². The fraction of sp³-hybridized carbons (Fsp3) is 0.682. The number of likely N-dealkylation sites (tertiary alicyclic amines) is 1. The van der Waals surface area contributed by atoms with E-state index in [-0.39, 0.29) is 11.3 Å². The topological polar surface area (TPSA) is 32.8 Å². The van der Waals surface area contributed by atoms with E-state index in [0.29, 0.717) is 5.25 Å². The van der Waals surface area contributed by atoms with E-state index in [1.165, 1.54) is 22.9 Å². The molecule has 2 aliphatic rings. The minimum Gasteiger partial charge on any atom is -0.491 e. The summed E-state index contributed by atoms with van der Waals surface area (Å²) in [7, 11) is 0. The molecule has 6 heteroatoms. The average molecular weight is 469 g/mol. The second-order valence-corrected chi connectivity index (χ2v) is 10.4. The van der Waals surface area contributed by atoms with E-state index in [0.717, 1.165) is 57.2 Å². The van der Waals surface area contributed by atoms with Crippen LogP contribution in [0, 0.1) is 5.92 Å². The Balaban J connectivity index is 1.46. The summed E-state index contributed by atoms with van der Waals surface area (Å²) in [4.78, 5) is 16.6. The number of carbonyl (C=O) groups excluding carboxylic acids is 1. The first-order chi connectivity index (χ1) is 13.4. The molecule has 156 valence electrons. The molecule has 1 aromatic rings. The number of benzene rings is 1. The number of halogens is 1. The van der Waals surface area contributed by atoms with Gasteiger partial charge in [0.15, 0.2) is 0 Å². The number of thioether (sulfide) groups is 1. The molecule has 1 unspecified atom stereocenters. The normalized spacial score (nSPS) is 21.7. The predicted octanol–water partition coefficient (Wildman–Crippen LogP) is 5.44. The van der Waals surface area contributed by atoms with Gasteiger partial charge in [-0.25, -0.2) is 0 Å². The molecule has 3 rings (SSSR count). The van der Waals surface area contributed by atoms with Crippen molar-refractivity contribution in [1.29, 1.82) is 0 Å². The van der Waals surface area contributed by atoms with E-state index in [9.17, 15) is 4.79 Å². The quantitative estimate of drug-likeness (QED) is 0.508. The maximum absolute atomic E-state index is 12.1. The lowest BCUT2D eigenvalue weighted by Crippen LogP contribution is -2.39. The summed E-state index contributed by atoms with van der Waals surface area (Å²) in [6.45, 7) is 11.4. The molecule has 0 radical (unpaired) electrons. The minimum atomic E-state index is 0.200. The minimum absolute atomic E-state index is 0.200. The van der Waals surface area contributed by atoms with Gasteiger partial charge < -0.3 is 14.5 Å². The third-order valence-electron chi connectivity index (χ3n) is 5.51. The molecule has 0 aromatic heterocycles. The zero-order valence-electron chi connectivity index (χ0n) is 17.3. The maximum Gasteiger partial charge on any atom is 0.282 e. The second kappa shape index (κ2) is 10.4. The van der Waals surface area contributed by atoms with Crippen LogP contribution in [-0.4, -0.2) is 59.1 Å². The Labute approximate surface area is 182 Å². The van der Waals surface area contributed by atoms with Crippen LogP contribution in [0.1, 0.15) is 45.6 Å². The standard InChI is InChI=1S/C22H33BrN2O2S/c1-4-9-25-15-20(28-22(25)26)14-24-10-7-17(8-11-24)12-18-13-19(27-16(2)3)5-6-21(18)23/h5-6,13,16-17,20H,4,7-12,14-15H2,1-3H3. The van der Waals surface area contributed by atoms with Crippen molar-refractivity contribution in [2.75, 3.05) is 32.7 Å². The molecule has 0 saturated carbocycles. The monoisotopic (exact) mass is 468 g/mol. The first-order valence-electron chi connectivity index (χ1n) is 10.6. The Morgan fingerprint density at radius 3 is 2.71 bits per heavy atom. The van der Waals surface area contributed by atoms with Crippen LogP contribution in [0.25, 0.3) is 0 Å². The number of hydrogen-bond acceptors (Lipinski definition) is 4. The van der Waals surface area contributed by atoms with Crippen LogP contribution in [0.5, 0.6) is 5.75 Å².